The highest BCUT2D eigenvalue weighted by molar-refractivity contribution is 7.85. The van der Waals surface area contributed by atoms with E-state index in [1.165, 1.54) is 0 Å². The van der Waals surface area contributed by atoms with Crippen molar-refractivity contribution in [3.8, 4) is 0 Å². The minimum absolute atomic E-state index is 0.480. The van der Waals surface area contributed by atoms with E-state index in [4.69, 9.17) is 0 Å². The van der Waals surface area contributed by atoms with E-state index in [-0.39, 0.29) is 0 Å². The average molecular weight is 190 g/mol. The van der Waals surface area contributed by atoms with E-state index < -0.39 is 21.9 Å². The fourth-order valence-electron chi connectivity index (χ4n) is 1.78. The zero-order valence-corrected chi connectivity index (χ0v) is 8.90. The van der Waals surface area contributed by atoms with Crippen molar-refractivity contribution in [2.75, 3.05) is 11.5 Å². The first-order chi connectivity index (χ1) is 5.26. The lowest BCUT2D eigenvalue weighted by molar-refractivity contribution is -0.262. The third-order valence-electron chi connectivity index (χ3n) is 2.13. The van der Waals surface area contributed by atoms with Gasteiger partial charge in [-0.1, -0.05) is 0 Å². The standard InChI is InChI=1S/C8H16NO2S/c1-7(2)5-12(11)6-8(3,4)9(7)10/h5-6H2,1-4H3. The molecular weight excluding hydrogens is 174 g/mol. The zero-order chi connectivity index (χ0) is 9.57. The molecule has 1 aliphatic heterocycles. The van der Waals surface area contributed by atoms with Crippen LogP contribution < -0.4 is 0 Å². The first-order valence-corrected chi connectivity index (χ1v) is 5.57. The summed E-state index contributed by atoms with van der Waals surface area (Å²) in [6.07, 6.45) is 0. The van der Waals surface area contributed by atoms with Crippen LogP contribution in [0.4, 0.5) is 0 Å². The summed E-state index contributed by atoms with van der Waals surface area (Å²) in [4.78, 5) is 0. The molecule has 1 radical (unpaired) electrons. The molecule has 3 nitrogen and oxygen atoms in total. The maximum atomic E-state index is 11.7. The number of rotatable bonds is 0. The molecule has 0 aromatic rings. The maximum absolute atomic E-state index is 11.7. The molecule has 0 aromatic carbocycles. The van der Waals surface area contributed by atoms with Crippen molar-refractivity contribution in [2.45, 2.75) is 38.8 Å². The Labute approximate surface area is 76.2 Å². The van der Waals surface area contributed by atoms with E-state index in [1.54, 1.807) is 0 Å². The molecule has 0 aliphatic carbocycles. The fraction of sp³-hybridized carbons (Fsp3) is 1.00. The third-order valence-corrected chi connectivity index (χ3v) is 4.18. The molecule has 1 aliphatic rings. The summed E-state index contributed by atoms with van der Waals surface area (Å²) in [5.41, 5.74) is -0.959. The summed E-state index contributed by atoms with van der Waals surface area (Å²) in [5, 5.41) is 12.8. The van der Waals surface area contributed by atoms with Gasteiger partial charge in [0.15, 0.2) is 0 Å². The Kier molecular flexibility index (Phi) is 2.36. The molecule has 12 heavy (non-hydrogen) atoms. The van der Waals surface area contributed by atoms with E-state index in [0.717, 1.165) is 5.06 Å². The quantitative estimate of drug-likeness (QED) is 0.570. The van der Waals surface area contributed by atoms with Crippen LogP contribution in [0.25, 0.3) is 0 Å². The molecule has 0 N–H and O–H groups in total. The Hall–Kier alpha value is 0.0700. The molecule has 1 saturated heterocycles. The first-order valence-electron chi connectivity index (χ1n) is 4.08. The van der Waals surface area contributed by atoms with E-state index in [9.17, 15) is 9.42 Å². The Morgan fingerprint density at radius 3 is 1.75 bits per heavy atom. The van der Waals surface area contributed by atoms with Crippen LogP contribution in [-0.2, 0) is 16.0 Å². The Morgan fingerprint density at radius 2 is 1.42 bits per heavy atom. The highest BCUT2D eigenvalue weighted by Gasteiger charge is 2.45. The summed E-state index contributed by atoms with van der Waals surface area (Å²) in [6, 6.07) is 0. The van der Waals surface area contributed by atoms with Gasteiger partial charge in [-0.05, 0) is 27.7 Å². The molecule has 4 heteroatoms. The van der Waals surface area contributed by atoms with Crippen LogP contribution in [-0.4, -0.2) is 31.9 Å². The molecule has 0 amide bonds. The van der Waals surface area contributed by atoms with Crippen molar-refractivity contribution in [3.05, 3.63) is 0 Å². The smallest absolute Gasteiger partial charge is 0.0558 e. The highest BCUT2D eigenvalue weighted by atomic mass is 32.2. The largest absolute Gasteiger partial charge is 0.259 e. The molecule has 0 saturated carbocycles. The van der Waals surface area contributed by atoms with E-state index >= 15 is 0 Å². The fourth-order valence-corrected chi connectivity index (χ4v) is 3.69. The van der Waals surface area contributed by atoms with E-state index in [2.05, 4.69) is 0 Å². The summed E-state index contributed by atoms with van der Waals surface area (Å²) in [7, 11) is -0.841. The molecule has 0 atom stereocenters. The predicted molar refractivity (Wildman–Crippen MR) is 48.6 cm³/mol. The monoisotopic (exact) mass is 190 g/mol. The van der Waals surface area contributed by atoms with Crippen LogP contribution in [0, 0.1) is 0 Å². The SMILES string of the molecule is CC1(C)CS(=O)CC(C)(C)N1[O]. The molecule has 1 fully saturated rings. The maximum Gasteiger partial charge on any atom is 0.0558 e. The highest BCUT2D eigenvalue weighted by Crippen LogP contribution is 2.30. The summed E-state index contributed by atoms with van der Waals surface area (Å²) < 4.78 is 11.4. The topological polar surface area (TPSA) is 40.2 Å². The minimum atomic E-state index is -0.841. The van der Waals surface area contributed by atoms with Crippen LogP contribution in [0.5, 0.6) is 0 Å². The Balaban J connectivity index is 2.91. The van der Waals surface area contributed by atoms with Crippen LogP contribution >= 0.6 is 0 Å². The van der Waals surface area contributed by atoms with Gasteiger partial charge in [0.1, 0.15) is 0 Å². The molecule has 0 spiro atoms. The molecule has 1 rings (SSSR count). The van der Waals surface area contributed by atoms with Gasteiger partial charge in [0.25, 0.3) is 0 Å². The van der Waals surface area contributed by atoms with Crippen molar-refractivity contribution in [3.63, 3.8) is 0 Å². The van der Waals surface area contributed by atoms with E-state index in [0.29, 0.717) is 11.5 Å². The number of nitrogens with zero attached hydrogens (tertiary/aromatic N) is 1. The van der Waals surface area contributed by atoms with Crippen molar-refractivity contribution >= 4 is 10.8 Å². The van der Waals surface area contributed by atoms with Gasteiger partial charge in [-0.3, -0.25) is 4.21 Å². The summed E-state index contributed by atoms with van der Waals surface area (Å²) in [6.45, 7) is 7.38. The van der Waals surface area contributed by atoms with Gasteiger partial charge in [-0.25, -0.2) is 0 Å². The van der Waals surface area contributed by atoms with Gasteiger partial charge in [-0.15, -0.1) is 10.3 Å². The van der Waals surface area contributed by atoms with Gasteiger partial charge < -0.3 is 0 Å². The lowest BCUT2D eigenvalue weighted by atomic mass is 9.99. The molecule has 0 unspecified atom stereocenters. The zero-order valence-electron chi connectivity index (χ0n) is 8.09. The normalized spacial score (nSPS) is 30.4. The van der Waals surface area contributed by atoms with Gasteiger partial charge in [0, 0.05) is 22.3 Å². The molecule has 0 aromatic heterocycles. The lowest BCUT2D eigenvalue weighted by Crippen LogP contribution is -2.62. The molecule has 0 bridgehead atoms. The number of hydrogen-bond acceptors (Lipinski definition) is 2. The summed E-state index contributed by atoms with van der Waals surface area (Å²) >= 11 is 0. The van der Waals surface area contributed by atoms with Crippen LogP contribution in [0.3, 0.4) is 0 Å². The van der Waals surface area contributed by atoms with Crippen LogP contribution in [0.2, 0.25) is 0 Å². The second-order valence-corrected chi connectivity index (χ2v) is 6.10. The number of hydrogen-bond donors (Lipinski definition) is 0. The summed E-state index contributed by atoms with van der Waals surface area (Å²) in [5.74, 6) is 0.972. The van der Waals surface area contributed by atoms with Gasteiger partial charge >= 0.3 is 0 Å². The molecule has 71 valence electrons. The van der Waals surface area contributed by atoms with Gasteiger partial charge in [-0.2, -0.15) is 0 Å². The van der Waals surface area contributed by atoms with Gasteiger partial charge in [0.2, 0.25) is 0 Å². The molecular formula is C8H16NO2S. The Bertz CT molecular complexity index is 193. The first kappa shape index (κ1) is 10.2. The third kappa shape index (κ3) is 1.70. The second kappa shape index (κ2) is 2.79. The predicted octanol–water partition coefficient (Wildman–Crippen LogP) is 0.953. The van der Waals surface area contributed by atoms with Gasteiger partial charge in [0.05, 0.1) is 11.1 Å². The minimum Gasteiger partial charge on any atom is -0.259 e. The number of hydroxylamine groups is 2. The lowest BCUT2D eigenvalue weighted by Gasteiger charge is -2.45. The van der Waals surface area contributed by atoms with Crippen LogP contribution in [0.15, 0.2) is 0 Å². The van der Waals surface area contributed by atoms with Crippen molar-refractivity contribution < 1.29 is 9.42 Å². The average Bonchev–Trinajstić information content (AvgIpc) is 1.80. The molecule has 1 heterocycles. The van der Waals surface area contributed by atoms with Crippen molar-refractivity contribution in [1.29, 1.82) is 0 Å². The second-order valence-electron chi connectivity index (χ2n) is 4.65. The Morgan fingerprint density at radius 1 is 1.08 bits per heavy atom. The van der Waals surface area contributed by atoms with Crippen molar-refractivity contribution in [1.82, 2.24) is 5.06 Å². The van der Waals surface area contributed by atoms with Crippen LogP contribution in [0.1, 0.15) is 27.7 Å². The van der Waals surface area contributed by atoms with E-state index in [1.807, 2.05) is 27.7 Å². The van der Waals surface area contributed by atoms with Crippen molar-refractivity contribution in [2.24, 2.45) is 0 Å².